The first-order chi connectivity index (χ1) is 16.8. The molecule has 3 N–H and O–H groups in total. The van der Waals surface area contributed by atoms with Crippen LogP contribution in [0.5, 0.6) is 0 Å². The van der Waals surface area contributed by atoms with Gasteiger partial charge < -0.3 is 15.2 Å². The Morgan fingerprint density at radius 3 is 2.57 bits per heavy atom. The Morgan fingerprint density at radius 1 is 1.06 bits per heavy atom. The van der Waals surface area contributed by atoms with Crippen LogP contribution >= 0.6 is 0 Å². The summed E-state index contributed by atoms with van der Waals surface area (Å²) in [6.45, 7) is 0. The lowest BCUT2D eigenvalue weighted by Crippen LogP contribution is -2.37. The number of hydrogen-bond acceptors (Lipinski definition) is 4. The van der Waals surface area contributed by atoms with E-state index in [9.17, 15) is 18.0 Å². The molecule has 0 atom stereocenters. The summed E-state index contributed by atoms with van der Waals surface area (Å²) in [4.78, 5) is 32.4. The van der Waals surface area contributed by atoms with E-state index < -0.39 is 12.1 Å². The summed E-state index contributed by atoms with van der Waals surface area (Å²) >= 11 is 0. The van der Waals surface area contributed by atoms with Crippen LogP contribution in [0.25, 0.3) is 27.7 Å². The van der Waals surface area contributed by atoms with Gasteiger partial charge in [0, 0.05) is 34.9 Å². The zero-order valence-corrected chi connectivity index (χ0v) is 17.8. The number of fused-ring (bicyclic) bond motifs is 2. The van der Waals surface area contributed by atoms with Crippen molar-refractivity contribution in [1.29, 1.82) is 0 Å². The Hall–Kier alpha value is -4.80. The number of aromatic nitrogens is 4. The normalized spacial score (nSPS) is 11.1. The van der Waals surface area contributed by atoms with E-state index in [1.54, 1.807) is 12.4 Å². The fourth-order valence-corrected chi connectivity index (χ4v) is 3.43. The predicted octanol–water partition coefficient (Wildman–Crippen LogP) is 2.33. The second-order valence-corrected chi connectivity index (χ2v) is 7.24. The van der Waals surface area contributed by atoms with Gasteiger partial charge in [-0.1, -0.05) is 18.2 Å². The van der Waals surface area contributed by atoms with E-state index in [4.69, 9.17) is 9.90 Å². The molecule has 8 nitrogen and oxygen atoms in total. The van der Waals surface area contributed by atoms with E-state index in [0.717, 1.165) is 33.4 Å². The molecule has 0 spiro atoms. The zero-order chi connectivity index (χ0) is 25.0. The van der Waals surface area contributed by atoms with E-state index in [2.05, 4.69) is 20.3 Å². The number of carboxylic acids is 1. The van der Waals surface area contributed by atoms with Crippen LogP contribution in [0, 0.1) is 0 Å². The number of hydrogen-bond donors (Lipinski definition) is 2. The molecule has 0 saturated carbocycles. The van der Waals surface area contributed by atoms with Crippen LogP contribution < -0.4 is 19.8 Å². The average Bonchev–Trinajstić information content (AvgIpc) is 3.25. The Balaban J connectivity index is 0.000000364. The number of benzene rings is 1. The second kappa shape index (κ2) is 9.59. The number of halogens is 3. The molecule has 1 aromatic carbocycles. The van der Waals surface area contributed by atoms with Crippen molar-refractivity contribution < 1.29 is 37.3 Å². The van der Waals surface area contributed by atoms with E-state index in [-0.39, 0.29) is 5.91 Å². The lowest BCUT2D eigenvalue weighted by molar-refractivity contribution is -0.499. The number of rotatable bonds is 3. The van der Waals surface area contributed by atoms with Crippen LogP contribution in [0.4, 0.5) is 18.9 Å². The molecule has 0 aliphatic rings. The number of aromatic amines is 2. The standard InChI is InChI=1S/C22H15N5O.C2HF3O2/c28-22(25-18-7-3-5-15-13-24-11-9-17(15)18)20-19-8-1-2-12-27(19)21(26-20)16-6-4-10-23-14-16;3-2(4,5)1(6)7/h1-14H,(H,25,28);(H,6,7)/p+1. The Bertz CT molecular complexity index is 1510. The number of carbonyl (C=O) groups excluding carboxylic acids is 2. The van der Waals surface area contributed by atoms with Crippen molar-refractivity contribution in [1.82, 2.24) is 9.97 Å². The molecule has 4 heterocycles. The smallest absolute Gasteiger partial charge is 0.430 e. The van der Waals surface area contributed by atoms with Gasteiger partial charge in [-0.25, -0.2) is 9.97 Å². The number of imidazole rings is 1. The summed E-state index contributed by atoms with van der Waals surface area (Å²) in [5.41, 5.74) is 3.02. The number of aliphatic carboxylic acids is 1. The van der Waals surface area contributed by atoms with E-state index >= 15 is 0 Å². The maximum atomic E-state index is 13.1. The number of nitrogens with one attached hydrogen (secondary N) is 3. The molecular formula is C24H17F3N5O3+. The van der Waals surface area contributed by atoms with Gasteiger partial charge in [0.25, 0.3) is 11.7 Å². The second-order valence-electron chi connectivity index (χ2n) is 7.24. The SMILES string of the molecule is O=C(Nc1cccc2cnccc12)c1[nH]c(-c2ccc[nH+]c2)[n+]2ccccc12.O=C([O-])C(F)(F)F. The maximum Gasteiger partial charge on any atom is 0.430 e. The minimum Gasteiger partial charge on any atom is -0.542 e. The number of anilines is 1. The molecule has 0 radical (unpaired) electrons. The van der Waals surface area contributed by atoms with Crippen molar-refractivity contribution in [2.45, 2.75) is 6.18 Å². The largest absolute Gasteiger partial charge is 0.542 e. The Labute approximate surface area is 195 Å². The molecule has 0 bridgehead atoms. The van der Waals surface area contributed by atoms with Crippen molar-refractivity contribution in [2.24, 2.45) is 0 Å². The van der Waals surface area contributed by atoms with Gasteiger partial charge in [-0.05, 0) is 30.3 Å². The van der Waals surface area contributed by atoms with Crippen LogP contribution in [0.15, 0.2) is 85.6 Å². The van der Waals surface area contributed by atoms with Gasteiger partial charge in [0.15, 0.2) is 17.9 Å². The van der Waals surface area contributed by atoms with Crippen LogP contribution in [0.3, 0.4) is 0 Å². The van der Waals surface area contributed by atoms with E-state index in [1.807, 2.05) is 77.6 Å². The molecule has 1 amide bonds. The summed E-state index contributed by atoms with van der Waals surface area (Å²) < 4.78 is 33.5. The molecule has 0 aliphatic heterocycles. The molecule has 0 unspecified atom stereocenters. The molecule has 5 aromatic rings. The van der Waals surface area contributed by atoms with Crippen molar-refractivity contribution in [3.8, 4) is 11.4 Å². The molecular weight excluding hydrogens is 463 g/mol. The van der Waals surface area contributed by atoms with Crippen molar-refractivity contribution >= 4 is 33.9 Å². The van der Waals surface area contributed by atoms with E-state index in [0.29, 0.717) is 5.69 Å². The molecule has 5 rings (SSSR count). The minimum atomic E-state index is -5.19. The third-order valence-electron chi connectivity index (χ3n) is 4.97. The van der Waals surface area contributed by atoms with Gasteiger partial charge in [-0.3, -0.25) is 9.78 Å². The van der Waals surface area contributed by atoms with Gasteiger partial charge in [0.2, 0.25) is 5.69 Å². The fraction of sp³-hybridized carbons (Fsp3) is 0.0417. The van der Waals surface area contributed by atoms with Crippen LogP contribution in [-0.2, 0) is 4.79 Å². The molecule has 0 saturated heterocycles. The summed E-state index contributed by atoms with van der Waals surface area (Å²) in [5, 5.41) is 13.8. The first-order valence-corrected chi connectivity index (χ1v) is 10.2. The highest BCUT2D eigenvalue weighted by atomic mass is 19.4. The fourth-order valence-electron chi connectivity index (χ4n) is 3.43. The number of carbonyl (C=O) groups is 2. The lowest BCUT2D eigenvalue weighted by Gasteiger charge is -2.06. The quantitative estimate of drug-likeness (QED) is 0.386. The summed E-state index contributed by atoms with van der Waals surface area (Å²) in [6.07, 6.45) is 4.00. The van der Waals surface area contributed by atoms with Crippen molar-refractivity contribution in [2.75, 3.05) is 5.32 Å². The number of H-pyrrole nitrogens is 2. The Morgan fingerprint density at radius 2 is 1.86 bits per heavy atom. The summed E-state index contributed by atoms with van der Waals surface area (Å²) in [5.74, 6) is -2.37. The van der Waals surface area contributed by atoms with Crippen LogP contribution in [0.2, 0.25) is 0 Å². The topological polar surface area (TPSA) is 116 Å². The summed E-state index contributed by atoms with van der Waals surface area (Å²) in [6, 6.07) is 17.4. The van der Waals surface area contributed by atoms with Gasteiger partial charge in [-0.15, -0.1) is 0 Å². The van der Waals surface area contributed by atoms with Gasteiger partial charge >= 0.3 is 6.18 Å². The average molecular weight is 480 g/mol. The molecule has 176 valence electrons. The molecule has 4 aromatic heterocycles. The third kappa shape index (κ3) is 5.08. The lowest BCUT2D eigenvalue weighted by atomic mass is 10.1. The van der Waals surface area contributed by atoms with E-state index in [1.165, 1.54) is 0 Å². The van der Waals surface area contributed by atoms with Crippen LogP contribution in [0.1, 0.15) is 10.5 Å². The number of pyridine rings is 3. The van der Waals surface area contributed by atoms with Crippen molar-refractivity contribution in [3.05, 3.63) is 91.3 Å². The molecule has 0 aliphatic carbocycles. The third-order valence-corrected chi connectivity index (χ3v) is 4.97. The van der Waals surface area contributed by atoms with Gasteiger partial charge in [0.05, 0.1) is 6.20 Å². The first-order valence-electron chi connectivity index (χ1n) is 10.2. The molecule has 11 heteroatoms. The highest BCUT2D eigenvalue weighted by Gasteiger charge is 2.29. The van der Waals surface area contributed by atoms with Crippen molar-refractivity contribution in [3.63, 3.8) is 0 Å². The number of amides is 1. The highest BCUT2D eigenvalue weighted by molar-refractivity contribution is 6.10. The number of carboxylic acid groups (broad SMARTS) is 1. The zero-order valence-electron chi connectivity index (χ0n) is 17.8. The predicted molar refractivity (Wildman–Crippen MR) is 117 cm³/mol. The Kier molecular flexibility index (Phi) is 6.40. The van der Waals surface area contributed by atoms with Crippen LogP contribution in [-0.4, -0.2) is 28.0 Å². The maximum absolute atomic E-state index is 13.1. The minimum absolute atomic E-state index is 0.195. The van der Waals surface area contributed by atoms with Gasteiger partial charge in [-0.2, -0.15) is 17.6 Å². The summed E-state index contributed by atoms with van der Waals surface area (Å²) in [7, 11) is 0. The molecule has 0 fully saturated rings. The number of nitrogens with zero attached hydrogens (tertiary/aromatic N) is 2. The first kappa shape index (κ1) is 23.4. The highest BCUT2D eigenvalue weighted by Crippen LogP contribution is 2.23. The number of alkyl halides is 3. The molecule has 35 heavy (non-hydrogen) atoms. The van der Waals surface area contributed by atoms with Gasteiger partial charge in [0.1, 0.15) is 11.5 Å². The monoisotopic (exact) mass is 480 g/mol.